The van der Waals surface area contributed by atoms with Gasteiger partial charge in [0.1, 0.15) is 0 Å². The van der Waals surface area contributed by atoms with E-state index in [1.165, 1.54) is 18.0 Å². The number of aryl methyl sites for hydroxylation is 2. The number of para-hydroxylation sites is 1. The Bertz CT molecular complexity index is 1300. The van der Waals surface area contributed by atoms with Crippen molar-refractivity contribution in [1.29, 1.82) is 0 Å². The van der Waals surface area contributed by atoms with Crippen molar-refractivity contribution in [3.63, 3.8) is 0 Å². The van der Waals surface area contributed by atoms with E-state index in [-0.39, 0.29) is 5.56 Å². The van der Waals surface area contributed by atoms with Crippen LogP contribution in [0.3, 0.4) is 0 Å². The van der Waals surface area contributed by atoms with E-state index in [0.717, 1.165) is 20.9 Å². The molecule has 1 amide bonds. The zero-order valence-corrected chi connectivity index (χ0v) is 18.9. The number of halogens is 1. The van der Waals surface area contributed by atoms with Crippen LogP contribution in [0.5, 0.6) is 0 Å². The minimum Gasteiger partial charge on any atom is -0.452 e. The fourth-order valence-corrected chi connectivity index (χ4v) is 4.14. The molecule has 2 aromatic heterocycles. The summed E-state index contributed by atoms with van der Waals surface area (Å²) < 4.78 is 6.83. The number of benzene rings is 2. The maximum absolute atomic E-state index is 12.4. The Morgan fingerprint density at radius 1 is 1.16 bits per heavy atom. The molecule has 0 saturated carbocycles. The van der Waals surface area contributed by atoms with E-state index in [0.29, 0.717) is 16.4 Å². The Morgan fingerprint density at radius 2 is 1.91 bits per heavy atom. The molecule has 162 valence electrons. The molecule has 0 bridgehead atoms. The van der Waals surface area contributed by atoms with Crippen LogP contribution in [-0.2, 0) is 16.6 Å². The molecule has 1 N–H and O–H groups in total. The van der Waals surface area contributed by atoms with Crippen molar-refractivity contribution in [2.24, 2.45) is 7.05 Å². The number of pyridine rings is 1. The third-order valence-corrected chi connectivity index (χ3v) is 5.97. The quantitative estimate of drug-likeness (QED) is 0.408. The molecular weight excluding hydrogens is 448 g/mol. The van der Waals surface area contributed by atoms with Gasteiger partial charge in [-0.3, -0.25) is 9.48 Å². The molecule has 0 aliphatic heterocycles. The van der Waals surface area contributed by atoms with Gasteiger partial charge >= 0.3 is 5.97 Å². The first kappa shape index (κ1) is 21.9. The second kappa shape index (κ2) is 9.42. The van der Waals surface area contributed by atoms with Gasteiger partial charge in [0.05, 0.1) is 16.9 Å². The maximum atomic E-state index is 12.4. The number of aromatic nitrogens is 3. The number of nitrogens with one attached hydrogen (secondary N) is 1. The normalized spacial score (nSPS) is 10.8. The Balaban J connectivity index is 1.39. The number of esters is 1. The minimum absolute atomic E-state index is 0.264. The SMILES string of the molecule is Cc1nn(C)c2ncc(C(=O)OCC(=O)Nc3ccccc3Sc3ccc(Cl)cc3)cc12. The summed E-state index contributed by atoms with van der Waals surface area (Å²) in [5.41, 5.74) is 2.33. The standard InChI is InChI=1S/C23H19ClN4O3S/c1-14-18-11-15(12-25-22(18)28(2)27-14)23(30)31-13-21(29)26-19-5-3-4-6-20(19)32-17-9-7-16(24)8-10-17/h3-12H,13H2,1-2H3,(H,26,29). The van der Waals surface area contributed by atoms with Crippen LogP contribution in [0, 0.1) is 6.92 Å². The van der Waals surface area contributed by atoms with Gasteiger partial charge in [-0.15, -0.1) is 0 Å². The van der Waals surface area contributed by atoms with Gasteiger partial charge in [-0.2, -0.15) is 5.10 Å². The molecule has 0 spiro atoms. The molecular formula is C23H19ClN4O3S. The number of carbonyl (C=O) groups is 2. The number of fused-ring (bicyclic) bond motifs is 1. The lowest BCUT2D eigenvalue weighted by atomic mass is 10.2. The highest BCUT2D eigenvalue weighted by Crippen LogP contribution is 2.33. The van der Waals surface area contributed by atoms with E-state index in [4.69, 9.17) is 16.3 Å². The van der Waals surface area contributed by atoms with Gasteiger partial charge in [0.25, 0.3) is 5.91 Å². The summed E-state index contributed by atoms with van der Waals surface area (Å²) in [5, 5.41) is 8.50. The monoisotopic (exact) mass is 466 g/mol. The summed E-state index contributed by atoms with van der Waals surface area (Å²) in [4.78, 5) is 30.9. The number of ether oxygens (including phenoxy) is 1. The van der Waals surface area contributed by atoms with Gasteiger partial charge in [-0.05, 0) is 49.4 Å². The first-order valence-electron chi connectivity index (χ1n) is 9.69. The molecule has 9 heteroatoms. The number of hydrogen-bond donors (Lipinski definition) is 1. The second-order valence-electron chi connectivity index (χ2n) is 6.98. The summed E-state index contributed by atoms with van der Waals surface area (Å²) in [6.07, 6.45) is 1.42. The molecule has 0 saturated heterocycles. The average molecular weight is 467 g/mol. The predicted molar refractivity (Wildman–Crippen MR) is 124 cm³/mol. The highest BCUT2D eigenvalue weighted by Gasteiger charge is 2.15. The number of rotatable bonds is 6. The minimum atomic E-state index is -0.623. The topological polar surface area (TPSA) is 86.1 Å². The highest BCUT2D eigenvalue weighted by molar-refractivity contribution is 7.99. The van der Waals surface area contributed by atoms with Gasteiger partial charge in [-0.25, -0.2) is 9.78 Å². The van der Waals surface area contributed by atoms with Gasteiger partial charge in [-0.1, -0.05) is 35.5 Å². The maximum Gasteiger partial charge on any atom is 0.340 e. The Labute approximate surface area is 193 Å². The third kappa shape index (κ3) is 4.92. The number of anilines is 1. The number of amides is 1. The van der Waals surface area contributed by atoms with Crippen molar-refractivity contribution in [3.05, 3.63) is 77.1 Å². The largest absolute Gasteiger partial charge is 0.452 e. The molecule has 0 fully saturated rings. The first-order chi connectivity index (χ1) is 15.4. The lowest BCUT2D eigenvalue weighted by Crippen LogP contribution is -2.21. The van der Waals surface area contributed by atoms with Crippen LogP contribution in [0.25, 0.3) is 11.0 Å². The molecule has 7 nitrogen and oxygen atoms in total. The van der Waals surface area contributed by atoms with Crippen LogP contribution in [0.15, 0.2) is 70.6 Å². The molecule has 0 aliphatic carbocycles. The van der Waals surface area contributed by atoms with Gasteiger partial charge in [0.2, 0.25) is 0 Å². The van der Waals surface area contributed by atoms with Crippen LogP contribution in [0.4, 0.5) is 5.69 Å². The van der Waals surface area contributed by atoms with Crippen molar-refractivity contribution in [1.82, 2.24) is 14.8 Å². The smallest absolute Gasteiger partial charge is 0.340 e. The summed E-state index contributed by atoms with van der Waals surface area (Å²) in [6, 6.07) is 16.5. The van der Waals surface area contributed by atoms with Crippen molar-refractivity contribution in [2.75, 3.05) is 11.9 Å². The van der Waals surface area contributed by atoms with Crippen LogP contribution in [0.1, 0.15) is 16.1 Å². The lowest BCUT2D eigenvalue weighted by Gasteiger charge is -2.11. The Hall–Kier alpha value is -3.36. The number of carbonyl (C=O) groups excluding carboxylic acids is 2. The summed E-state index contributed by atoms with van der Waals surface area (Å²) in [5.74, 6) is -1.06. The van der Waals surface area contributed by atoms with Crippen molar-refractivity contribution in [3.8, 4) is 0 Å². The van der Waals surface area contributed by atoms with Gasteiger partial charge < -0.3 is 10.1 Å². The molecule has 0 unspecified atom stereocenters. The van der Waals surface area contributed by atoms with E-state index < -0.39 is 18.5 Å². The van der Waals surface area contributed by atoms with E-state index in [2.05, 4.69) is 15.4 Å². The first-order valence-corrected chi connectivity index (χ1v) is 10.9. The van der Waals surface area contributed by atoms with Crippen molar-refractivity contribution < 1.29 is 14.3 Å². The van der Waals surface area contributed by atoms with Crippen molar-refractivity contribution >= 4 is 52.0 Å². The Kier molecular flexibility index (Phi) is 6.43. The van der Waals surface area contributed by atoms with Crippen LogP contribution in [-0.4, -0.2) is 33.2 Å². The van der Waals surface area contributed by atoms with E-state index in [1.807, 2.05) is 49.4 Å². The predicted octanol–water partition coefficient (Wildman–Crippen LogP) is 4.88. The third-order valence-electron chi connectivity index (χ3n) is 4.64. The summed E-state index contributed by atoms with van der Waals surface area (Å²) >= 11 is 7.43. The van der Waals surface area contributed by atoms with E-state index in [1.54, 1.807) is 23.9 Å². The molecule has 4 aromatic rings. The fourth-order valence-electron chi connectivity index (χ4n) is 3.11. The van der Waals surface area contributed by atoms with Crippen LogP contribution in [0.2, 0.25) is 5.02 Å². The molecule has 0 aliphatic rings. The lowest BCUT2D eigenvalue weighted by molar-refractivity contribution is -0.119. The zero-order valence-electron chi connectivity index (χ0n) is 17.3. The molecule has 0 radical (unpaired) electrons. The average Bonchev–Trinajstić information content (AvgIpc) is 3.08. The fraction of sp³-hybridized carbons (Fsp3) is 0.130. The van der Waals surface area contributed by atoms with Crippen LogP contribution >= 0.6 is 23.4 Å². The van der Waals surface area contributed by atoms with Gasteiger partial charge in [0.15, 0.2) is 12.3 Å². The Morgan fingerprint density at radius 3 is 2.69 bits per heavy atom. The molecule has 2 aromatic carbocycles. The molecule has 0 atom stereocenters. The molecule has 4 rings (SSSR count). The molecule has 2 heterocycles. The van der Waals surface area contributed by atoms with Crippen LogP contribution < -0.4 is 5.32 Å². The highest BCUT2D eigenvalue weighted by atomic mass is 35.5. The summed E-state index contributed by atoms with van der Waals surface area (Å²) in [7, 11) is 1.79. The van der Waals surface area contributed by atoms with Crippen molar-refractivity contribution in [2.45, 2.75) is 16.7 Å². The number of hydrogen-bond acceptors (Lipinski definition) is 6. The number of nitrogens with zero attached hydrogens (tertiary/aromatic N) is 3. The van der Waals surface area contributed by atoms with E-state index in [9.17, 15) is 9.59 Å². The molecule has 32 heavy (non-hydrogen) atoms. The summed E-state index contributed by atoms with van der Waals surface area (Å²) in [6.45, 7) is 1.43. The van der Waals surface area contributed by atoms with Gasteiger partial charge in [0, 0.05) is 33.4 Å². The van der Waals surface area contributed by atoms with E-state index >= 15 is 0 Å². The zero-order chi connectivity index (χ0) is 22.7. The second-order valence-corrected chi connectivity index (χ2v) is 8.53.